The Morgan fingerprint density at radius 2 is 1.94 bits per heavy atom. The van der Waals surface area contributed by atoms with Crippen LogP contribution in [0.4, 0.5) is 4.79 Å². The zero-order valence-corrected chi connectivity index (χ0v) is 10.7. The van der Waals surface area contributed by atoms with Crippen LogP contribution in [0, 0.1) is 17.3 Å². The van der Waals surface area contributed by atoms with Crippen molar-refractivity contribution in [2.45, 2.75) is 39.5 Å². The van der Waals surface area contributed by atoms with Crippen LogP contribution in [0.2, 0.25) is 0 Å². The predicted molar refractivity (Wildman–Crippen MR) is 63.2 cm³/mol. The van der Waals surface area contributed by atoms with Gasteiger partial charge in [0.2, 0.25) is 0 Å². The van der Waals surface area contributed by atoms with Crippen LogP contribution in [0.3, 0.4) is 0 Å². The maximum Gasteiger partial charge on any atom is 0.409 e. The minimum absolute atomic E-state index is 0.148. The van der Waals surface area contributed by atoms with Crippen molar-refractivity contribution in [2.24, 2.45) is 17.3 Å². The summed E-state index contributed by atoms with van der Waals surface area (Å²) in [5.74, 6) is 1.49. The molecule has 3 atom stereocenters. The van der Waals surface area contributed by atoms with Crippen molar-refractivity contribution in [1.82, 2.24) is 4.90 Å². The molecule has 1 aliphatic heterocycles. The van der Waals surface area contributed by atoms with Crippen LogP contribution in [0.1, 0.15) is 39.5 Å². The third-order valence-electron chi connectivity index (χ3n) is 4.98. The number of hydrogen-bond acceptors (Lipinski definition) is 2. The Morgan fingerprint density at radius 3 is 2.50 bits per heavy atom. The monoisotopic (exact) mass is 225 g/mol. The lowest BCUT2D eigenvalue weighted by molar-refractivity contribution is 0.0259. The van der Waals surface area contributed by atoms with E-state index in [0.29, 0.717) is 5.41 Å². The summed E-state index contributed by atoms with van der Waals surface area (Å²) in [4.78, 5) is 13.5. The van der Waals surface area contributed by atoms with Gasteiger partial charge in [-0.05, 0) is 42.9 Å². The third-order valence-corrected chi connectivity index (χ3v) is 4.98. The fraction of sp³-hybridized carbons (Fsp3) is 0.923. The largest absolute Gasteiger partial charge is 0.453 e. The molecule has 1 aliphatic carbocycles. The van der Waals surface area contributed by atoms with Crippen molar-refractivity contribution in [1.29, 1.82) is 0 Å². The van der Waals surface area contributed by atoms with Crippen LogP contribution < -0.4 is 0 Å². The lowest BCUT2D eigenvalue weighted by Gasteiger charge is -2.45. The molecule has 0 N–H and O–H groups in total. The van der Waals surface area contributed by atoms with Crippen molar-refractivity contribution in [3.63, 3.8) is 0 Å². The molecule has 0 aromatic rings. The average Bonchev–Trinajstić information content (AvgIpc) is 2.57. The van der Waals surface area contributed by atoms with Crippen LogP contribution in [0.25, 0.3) is 0 Å². The second-order valence-corrected chi connectivity index (χ2v) is 5.61. The van der Waals surface area contributed by atoms with Gasteiger partial charge in [-0.2, -0.15) is 0 Å². The fourth-order valence-electron chi connectivity index (χ4n) is 3.76. The maximum atomic E-state index is 11.6. The molecule has 2 unspecified atom stereocenters. The number of carbonyl (C=O) groups excluding carboxylic acids is 1. The van der Waals surface area contributed by atoms with Gasteiger partial charge in [-0.15, -0.1) is 0 Å². The van der Waals surface area contributed by atoms with Gasteiger partial charge in [0.05, 0.1) is 7.11 Å². The molecule has 1 spiro atoms. The molecule has 2 rings (SSSR count). The highest BCUT2D eigenvalue weighted by molar-refractivity contribution is 5.67. The molecule has 1 heterocycles. The molecule has 1 amide bonds. The normalized spacial score (nSPS) is 39.1. The number of amides is 1. The average molecular weight is 225 g/mol. The molecule has 3 nitrogen and oxygen atoms in total. The topological polar surface area (TPSA) is 29.5 Å². The second kappa shape index (κ2) is 4.27. The highest BCUT2D eigenvalue weighted by Gasteiger charge is 2.48. The summed E-state index contributed by atoms with van der Waals surface area (Å²) >= 11 is 0. The van der Waals surface area contributed by atoms with Crippen LogP contribution in [-0.2, 0) is 4.74 Å². The minimum Gasteiger partial charge on any atom is -0.453 e. The first-order valence-electron chi connectivity index (χ1n) is 6.43. The van der Waals surface area contributed by atoms with Crippen LogP contribution in [0.5, 0.6) is 0 Å². The van der Waals surface area contributed by atoms with E-state index >= 15 is 0 Å². The molecule has 16 heavy (non-hydrogen) atoms. The number of rotatable bonds is 0. The first-order chi connectivity index (χ1) is 7.60. The van der Waals surface area contributed by atoms with Crippen molar-refractivity contribution in [2.75, 3.05) is 20.2 Å². The van der Waals surface area contributed by atoms with Gasteiger partial charge in [-0.3, -0.25) is 0 Å². The van der Waals surface area contributed by atoms with Crippen molar-refractivity contribution < 1.29 is 9.53 Å². The van der Waals surface area contributed by atoms with Crippen LogP contribution >= 0.6 is 0 Å². The van der Waals surface area contributed by atoms with Gasteiger partial charge < -0.3 is 9.64 Å². The van der Waals surface area contributed by atoms with E-state index in [2.05, 4.69) is 13.8 Å². The van der Waals surface area contributed by atoms with Crippen molar-refractivity contribution >= 4 is 6.09 Å². The quantitative estimate of drug-likeness (QED) is 0.634. The summed E-state index contributed by atoms with van der Waals surface area (Å²) in [7, 11) is 1.48. The van der Waals surface area contributed by atoms with Gasteiger partial charge in [0.25, 0.3) is 0 Å². The number of hydrogen-bond donors (Lipinski definition) is 0. The number of nitrogens with zero attached hydrogens (tertiary/aromatic N) is 1. The van der Waals surface area contributed by atoms with Crippen molar-refractivity contribution in [3.8, 4) is 0 Å². The standard InChI is InChI=1S/C13H23NO2/c1-10-5-6-11(2)13(10)7-4-8-14(9-13)12(15)16-3/h10-11H,4-9H2,1-3H3/t10-,11?,13?/m1/s1. The Kier molecular flexibility index (Phi) is 3.13. The van der Waals surface area contributed by atoms with Crippen LogP contribution in [-0.4, -0.2) is 31.2 Å². The molecular formula is C13H23NO2. The van der Waals surface area contributed by atoms with E-state index in [1.165, 1.54) is 26.4 Å². The number of likely N-dealkylation sites (tertiary alicyclic amines) is 1. The summed E-state index contributed by atoms with van der Waals surface area (Å²) in [6.45, 7) is 6.48. The highest BCUT2D eigenvalue weighted by Crippen LogP contribution is 2.52. The predicted octanol–water partition coefficient (Wildman–Crippen LogP) is 2.90. The molecule has 2 fully saturated rings. The Hall–Kier alpha value is -0.730. The molecule has 1 saturated heterocycles. The number of piperidine rings is 1. The SMILES string of the molecule is COC(=O)N1CCCC2(C1)C(C)CC[C@H]2C. The van der Waals surface area contributed by atoms with Gasteiger partial charge in [0, 0.05) is 13.1 Å². The number of methoxy groups -OCH3 is 1. The Bertz CT molecular complexity index is 267. The van der Waals surface area contributed by atoms with Crippen molar-refractivity contribution in [3.05, 3.63) is 0 Å². The van der Waals surface area contributed by atoms with Gasteiger partial charge in [-0.1, -0.05) is 13.8 Å². The number of carbonyl (C=O) groups is 1. The molecular weight excluding hydrogens is 202 g/mol. The maximum absolute atomic E-state index is 11.6. The third kappa shape index (κ3) is 1.70. The molecule has 92 valence electrons. The molecule has 0 bridgehead atoms. The van der Waals surface area contributed by atoms with Gasteiger partial charge in [0.15, 0.2) is 0 Å². The molecule has 0 radical (unpaired) electrons. The smallest absolute Gasteiger partial charge is 0.409 e. The first kappa shape index (κ1) is 11.7. The van der Waals surface area contributed by atoms with Gasteiger partial charge >= 0.3 is 6.09 Å². The van der Waals surface area contributed by atoms with E-state index in [1.54, 1.807) is 0 Å². The summed E-state index contributed by atoms with van der Waals surface area (Å²) in [5.41, 5.74) is 0.367. The van der Waals surface area contributed by atoms with Crippen LogP contribution in [0.15, 0.2) is 0 Å². The van der Waals surface area contributed by atoms with E-state index in [0.717, 1.165) is 31.3 Å². The fourth-order valence-corrected chi connectivity index (χ4v) is 3.76. The lowest BCUT2D eigenvalue weighted by Crippen LogP contribution is -2.49. The molecule has 1 saturated carbocycles. The second-order valence-electron chi connectivity index (χ2n) is 5.61. The summed E-state index contributed by atoms with van der Waals surface area (Å²) in [6, 6.07) is 0. The van der Waals surface area contributed by atoms with Gasteiger partial charge in [0.1, 0.15) is 0 Å². The van der Waals surface area contributed by atoms with E-state index in [4.69, 9.17) is 4.74 Å². The Morgan fingerprint density at radius 1 is 1.31 bits per heavy atom. The molecule has 3 heteroatoms. The van der Waals surface area contributed by atoms with E-state index in [9.17, 15) is 4.79 Å². The molecule has 0 aromatic carbocycles. The number of ether oxygens (including phenoxy) is 1. The molecule has 0 aromatic heterocycles. The minimum atomic E-state index is -0.148. The zero-order chi connectivity index (χ0) is 11.8. The first-order valence-corrected chi connectivity index (χ1v) is 6.43. The van der Waals surface area contributed by atoms with Gasteiger partial charge in [-0.25, -0.2) is 4.79 Å². The summed E-state index contributed by atoms with van der Waals surface area (Å²) in [5, 5.41) is 0. The van der Waals surface area contributed by atoms with E-state index in [-0.39, 0.29) is 6.09 Å². The Balaban J connectivity index is 2.13. The zero-order valence-electron chi connectivity index (χ0n) is 10.7. The summed E-state index contributed by atoms with van der Waals surface area (Å²) in [6.07, 6.45) is 4.89. The summed E-state index contributed by atoms with van der Waals surface area (Å²) < 4.78 is 4.85. The van der Waals surface area contributed by atoms with E-state index < -0.39 is 0 Å². The Labute approximate surface area is 98.1 Å². The highest BCUT2D eigenvalue weighted by atomic mass is 16.5. The van der Waals surface area contributed by atoms with E-state index in [1.807, 2.05) is 4.90 Å². The lowest BCUT2D eigenvalue weighted by atomic mass is 9.68. The molecule has 2 aliphatic rings.